The summed E-state index contributed by atoms with van der Waals surface area (Å²) in [6.07, 6.45) is 0. The summed E-state index contributed by atoms with van der Waals surface area (Å²) in [5.41, 5.74) is 0. The van der Waals surface area contributed by atoms with E-state index in [0.717, 1.165) is 4.90 Å². The number of sulfonamides is 1. The van der Waals surface area contributed by atoms with Gasteiger partial charge in [-0.3, -0.25) is 15.0 Å². The molecule has 0 spiro atoms. The predicted molar refractivity (Wildman–Crippen MR) is 138 cm³/mol. The first-order chi connectivity index (χ1) is 19.5. The van der Waals surface area contributed by atoms with Crippen molar-refractivity contribution in [3.8, 4) is 11.5 Å². The maximum atomic E-state index is 14.9. The van der Waals surface area contributed by atoms with E-state index in [2.05, 4.69) is 10.2 Å². The minimum atomic E-state index is -4.72. The molecule has 3 N–H and O–H groups in total. The lowest BCUT2D eigenvalue weighted by atomic mass is 10.2. The number of hydrogen-bond acceptors (Lipinski definition) is 10. The minimum absolute atomic E-state index is 0.0476. The monoisotopic (exact) mass is 617 g/mol. The van der Waals surface area contributed by atoms with Gasteiger partial charge in [-0.05, 0) is 36.4 Å². The lowest BCUT2D eigenvalue weighted by Gasteiger charge is -2.38. The van der Waals surface area contributed by atoms with E-state index >= 15 is 0 Å². The molecule has 2 aromatic rings. The van der Waals surface area contributed by atoms with Crippen molar-refractivity contribution in [3.05, 3.63) is 53.1 Å². The number of benzene rings is 2. The SMILES string of the molecule is NOC(=O)[C@H]1CN(C(=O)NC(=O)CN2CCOCC2)CCN1S(=O)(=O)c1cc(F)c(Oc2ccc(Cl)cc2)c(F)c1. The predicted octanol–water partition coefficient (Wildman–Crippen LogP) is 1.07. The fourth-order valence-corrected chi connectivity index (χ4v) is 5.96. The summed E-state index contributed by atoms with van der Waals surface area (Å²) in [6.45, 7) is 0.586. The number of carbonyl (C=O) groups is 3. The van der Waals surface area contributed by atoms with Gasteiger partial charge >= 0.3 is 12.0 Å². The molecule has 2 aliphatic heterocycles. The van der Waals surface area contributed by atoms with E-state index in [9.17, 15) is 31.6 Å². The molecule has 2 heterocycles. The molecule has 0 bridgehead atoms. The van der Waals surface area contributed by atoms with Crippen LogP contribution >= 0.6 is 11.6 Å². The van der Waals surface area contributed by atoms with Crippen LogP contribution in [-0.4, -0.2) is 99.0 Å². The summed E-state index contributed by atoms with van der Waals surface area (Å²) < 4.78 is 67.6. The average molecular weight is 618 g/mol. The third-order valence-electron chi connectivity index (χ3n) is 6.34. The third-order valence-corrected chi connectivity index (χ3v) is 8.47. The highest BCUT2D eigenvalue weighted by Crippen LogP contribution is 2.32. The molecule has 2 saturated heterocycles. The Morgan fingerprint density at radius 1 is 1.05 bits per heavy atom. The summed E-state index contributed by atoms with van der Waals surface area (Å²) >= 11 is 5.79. The van der Waals surface area contributed by atoms with Crippen LogP contribution in [0.2, 0.25) is 5.02 Å². The zero-order valence-electron chi connectivity index (χ0n) is 21.4. The summed E-state index contributed by atoms with van der Waals surface area (Å²) in [4.78, 5) is 43.7. The highest BCUT2D eigenvalue weighted by atomic mass is 35.5. The largest absolute Gasteiger partial charge is 0.451 e. The van der Waals surface area contributed by atoms with Crippen LogP contribution in [0, 0.1) is 11.6 Å². The first kappa shape index (κ1) is 30.5. The fourth-order valence-electron chi connectivity index (χ4n) is 4.25. The van der Waals surface area contributed by atoms with E-state index in [4.69, 9.17) is 27.0 Å². The number of nitrogens with two attached hydrogens (primary N) is 1. The van der Waals surface area contributed by atoms with E-state index in [-0.39, 0.29) is 18.8 Å². The maximum Gasteiger partial charge on any atom is 0.344 e. The number of halogens is 3. The number of amides is 3. The third kappa shape index (κ3) is 7.27. The van der Waals surface area contributed by atoms with Gasteiger partial charge in [-0.1, -0.05) is 11.6 Å². The molecular weight excluding hydrogens is 592 g/mol. The Labute approximate surface area is 238 Å². The molecule has 17 heteroatoms. The Bertz CT molecular complexity index is 1390. The summed E-state index contributed by atoms with van der Waals surface area (Å²) in [5, 5.41) is 2.56. The molecule has 3 amide bonds. The Hall–Kier alpha value is -3.41. The number of piperazine rings is 1. The smallest absolute Gasteiger partial charge is 0.344 e. The second-order valence-corrected chi connectivity index (χ2v) is 11.4. The quantitative estimate of drug-likeness (QED) is 0.430. The van der Waals surface area contributed by atoms with Gasteiger partial charge in [0.1, 0.15) is 11.8 Å². The van der Waals surface area contributed by atoms with Crippen molar-refractivity contribution in [2.24, 2.45) is 5.90 Å². The number of nitrogens with zero attached hydrogens (tertiary/aromatic N) is 3. The molecule has 13 nitrogen and oxygen atoms in total. The van der Waals surface area contributed by atoms with Crippen LogP contribution in [0.25, 0.3) is 0 Å². The first-order valence-corrected chi connectivity index (χ1v) is 14.0. The standard InChI is InChI=1S/C24H26ClF2N5O8S/c25-15-1-3-16(4-2-15)39-22-18(26)11-17(12-19(22)27)41(36,37)32-6-5-31(13-20(32)23(34)40-28)24(35)29-21(33)14-30-7-9-38-10-8-30/h1-4,11-12,20H,5-10,13-14,28H2,(H,29,33,35)/t20-/m1/s1. The van der Waals surface area contributed by atoms with Crippen LogP contribution < -0.4 is 16.0 Å². The lowest BCUT2D eigenvalue weighted by Crippen LogP contribution is -2.61. The number of carbonyl (C=O) groups excluding carboxylic acids is 3. The molecule has 2 fully saturated rings. The van der Waals surface area contributed by atoms with E-state index < -0.39 is 69.3 Å². The topological polar surface area (TPSA) is 161 Å². The van der Waals surface area contributed by atoms with Crippen LogP contribution in [-0.2, 0) is 29.2 Å². The Morgan fingerprint density at radius 3 is 2.29 bits per heavy atom. The number of imide groups is 1. The zero-order valence-corrected chi connectivity index (χ0v) is 23.0. The Balaban J connectivity index is 1.49. The molecular formula is C24H26ClF2N5O8S. The maximum absolute atomic E-state index is 14.9. The highest BCUT2D eigenvalue weighted by molar-refractivity contribution is 7.89. The van der Waals surface area contributed by atoms with Gasteiger partial charge in [0.2, 0.25) is 15.9 Å². The van der Waals surface area contributed by atoms with Crippen molar-refractivity contribution in [1.82, 2.24) is 19.4 Å². The van der Waals surface area contributed by atoms with Crippen LogP contribution in [0.4, 0.5) is 13.6 Å². The number of hydrogen-bond donors (Lipinski definition) is 2. The lowest BCUT2D eigenvalue weighted by molar-refractivity contribution is -0.150. The van der Waals surface area contributed by atoms with Crippen molar-refractivity contribution in [1.29, 1.82) is 0 Å². The molecule has 0 aromatic heterocycles. The number of urea groups is 1. The molecule has 222 valence electrons. The average Bonchev–Trinajstić information content (AvgIpc) is 2.95. The second kappa shape index (κ2) is 13.1. The highest BCUT2D eigenvalue weighted by Gasteiger charge is 2.43. The Morgan fingerprint density at radius 2 is 1.68 bits per heavy atom. The normalized spacial score (nSPS) is 18.5. The van der Waals surface area contributed by atoms with Crippen molar-refractivity contribution in [2.75, 3.05) is 52.5 Å². The summed E-state index contributed by atoms with van der Waals surface area (Å²) in [6, 6.07) is 4.13. The van der Waals surface area contributed by atoms with E-state index in [1.165, 1.54) is 24.3 Å². The van der Waals surface area contributed by atoms with Crippen molar-refractivity contribution >= 4 is 39.5 Å². The van der Waals surface area contributed by atoms with Crippen molar-refractivity contribution in [2.45, 2.75) is 10.9 Å². The van der Waals surface area contributed by atoms with Gasteiger partial charge in [0.05, 0.1) is 24.7 Å². The van der Waals surface area contributed by atoms with Gasteiger partial charge in [-0.25, -0.2) is 26.8 Å². The fraction of sp³-hybridized carbons (Fsp3) is 0.375. The molecule has 0 saturated carbocycles. The van der Waals surface area contributed by atoms with E-state index in [1.807, 2.05) is 0 Å². The van der Waals surface area contributed by atoms with Gasteiger partial charge < -0.3 is 19.2 Å². The summed E-state index contributed by atoms with van der Waals surface area (Å²) in [7, 11) is -4.72. The Kier molecular flexibility index (Phi) is 9.72. The molecule has 1 atom stereocenters. The van der Waals surface area contributed by atoms with E-state index in [0.29, 0.717) is 47.8 Å². The van der Waals surface area contributed by atoms with E-state index in [1.54, 1.807) is 4.90 Å². The number of nitrogens with one attached hydrogen (secondary N) is 1. The summed E-state index contributed by atoms with van der Waals surface area (Å²) in [5.74, 6) is -0.286. The van der Waals surface area contributed by atoms with Gasteiger partial charge in [-0.15, -0.1) is 0 Å². The molecule has 0 aliphatic carbocycles. The van der Waals surface area contributed by atoms with Gasteiger partial charge in [-0.2, -0.15) is 10.2 Å². The van der Waals surface area contributed by atoms with Crippen LogP contribution in [0.1, 0.15) is 0 Å². The number of rotatable bonds is 7. The molecule has 0 radical (unpaired) electrons. The molecule has 2 aliphatic rings. The van der Waals surface area contributed by atoms with Crippen molar-refractivity contribution in [3.63, 3.8) is 0 Å². The molecule has 41 heavy (non-hydrogen) atoms. The van der Waals surface area contributed by atoms with Crippen LogP contribution in [0.15, 0.2) is 41.3 Å². The minimum Gasteiger partial charge on any atom is -0.451 e. The molecule has 4 rings (SSSR count). The van der Waals surface area contributed by atoms with Crippen LogP contribution in [0.5, 0.6) is 11.5 Å². The molecule has 2 aromatic carbocycles. The number of ether oxygens (including phenoxy) is 2. The molecule has 0 unspecified atom stereocenters. The van der Waals surface area contributed by atoms with Gasteiger partial charge in [0.25, 0.3) is 0 Å². The zero-order chi connectivity index (χ0) is 29.7. The first-order valence-electron chi connectivity index (χ1n) is 12.2. The van der Waals surface area contributed by atoms with Gasteiger partial charge in [0.15, 0.2) is 17.4 Å². The second-order valence-electron chi connectivity index (χ2n) is 9.03. The number of morpholine rings is 1. The van der Waals surface area contributed by atoms with Gasteiger partial charge in [0, 0.05) is 37.7 Å². The van der Waals surface area contributed by atoms with Crippen LogP contribution in [0.3, 0.4) is 0 Å². The van der Waals surface area contributed by atoms with Crippen molar-refractivity contribution < 1.29 is 45.9 Å².